The maximum Gasteiger partial charge on any atom is 0.573 e. The molecular weight excluding hydrogens is 377 g/mol. The van der Waals surface area contributed by atoms with E-state index in [1.165, 1.54) is 12.1 Å². The van der Waals surface area contributed by atoms with Crippen molar-refractivity contribution in [2.24, 2.45) is 7.05 Å². The molecule has 0 unspecified atom stereocenters. The first-order valence-corrected chi connectivity index (χ1v) is 9.27. The molecule has 0 aliphatic heterocycles. The van der Waals surface area contributed by atoms with E-state index in [9.17, 15) is 18.0 Å². The number of nitrogens with zero attached hydrogens (tertiary/aromatic N) is 1. The fraction of sp³-hybridized carbons (Fsp3) is 0.211. The number of ether oxygens (including phenoxy) is 1. The normalized spacial score (nSPS) is 11.6. The van der Waals surface area contributed by atoms with Gasteiger partial charge in [-0.15, -0.1) is 24.9 Å². The average molecular weight is 394 g/mol. The third-order valence-electron chi connectivity index (χ3n) is 4.08. The average Bonchev–Trinajstić information content (AvgIpc) is 2.87. The molecule has 1 heterocycles. The lowest BCUT2D eigenvalue weighted by molar-refractivity contribution is -0.274. The van der Waals surface area contributed by atoms with Gasteiger partial charge in [0.1, 0.15) is 5.75 Å². The van der Waals surface area contributed by atoms with Gasteiger partial charge >= 0.3 is 6.36 Å². The molecule has 0 fully saturated rings. The van der Waals surface area contributed by atoms with E-state index < -0.39 is 6.36 Å². The van der Waals surface area contributed by atoms with E-state index in [0.717, 1.165) is 33.6 Å². The number of aromatic nitrogens is 1. The van der Waals surface area contributed by atoms with Gasteiger partial charge in [0.25, 0.3) is 0 Å². The first-order valence-electron chi connectivity index (χ1n) is 8.04. The molecule has 0 atom stereocenters. The molecule has 0 spiro atoms. The van der Waals surface area contributed by atoms with Gasteiger partial charge in [-0.05, 0) is 36.6 Å². The van der Waals surface area contributed by atoms with Crippen molar-refractivity contribution in [3.05, 3.63) is 54.2 Å². The maximum absolute atomic E-state index is 12.4. The maximum atomic E-state index is 12.4. The zero-order chi connectivity index (χ0) is 19.6. The molecular formula is C19H17F3N2O2S. The number of aryl methyl sites for hydroxylation is 1. The van der Waals surface area contributed by atoms with E-state index in [2.05, 4.69) is 10.1 Å². The van der Waals surface area contributed by atoms with Crippen LogP contribution in [-0.2, 0) is 18.3 Å². The number of nitrogens with one attached hydrogen (secondary N) is 1. The summed E-state index contributed by atoms with van der Waals surface area (Å²) in [5, 5.41) is 3.79. The van der Waals surface area contributed by atoms with Crippen molar-refractivity contribution in [3.8, 4) is 5.75 Å². The minimum atomic E-state index is -4.74. The van der Waals surface area contributed by atoms with E-state index in [0.29, 0.717) is 5.69 Å². The summed E-state index contributed by atoms with van der Waals surface area (Å²) in [6, 6.07) is 13.0. The summed E-state index contributed by atoms with van der Waals surface area (Å²) in [5.41, 5.74) is 2.33. The number of hydrogen-bond acceptors (Lipinski definition) is 3. The Bertz CT molecular complexity index is 965. The lowest BCUT2D eigenvalue weighted by atomic mass is 10.2. The second-order valence-corrected chi connectivity index (χ2v) is 6.67. The van der Waals surface area contributed by atoms with Gasteiger partial charge in [0, 0.05) is 34.2 Å². The first-order chi connectivity index (χ1) is 12.8. The molecule has 0 saturated carbocycles. The SMILES string of the molecule is CSc1c(CC(=O)Nc2ccc(OC(F)(F)F)cc2)n(C)c2ccccc12. The van der Waals surface area contributed by atoms with Crippen molar-refractivity contribution >= 4 is 34.3 Å². The number of alkyl halides is 3. The van der Waals surface area contributed by atoms with Crippen molar-refractivity contribution in [2.75, 3.05) is 11.6 Å². The molecule has 8 heteroatoms. The molecule has 0 bridgehead atoms. The van der Waals surface area contributed by atoms with Gasteiger partial charge in [-0.1, -0.05) is 18.2 Å². The number of thioether (sulfide) groups is 1. The Labute approximate surface area is 158 Å². The molecule has 1 amide bonds. The Morgan fingerprint density at radius 2 is 1.81 bits per heavy atom. The Morgan fingerprint density at radius 1 is 1.15 bits per heavy atom. The molecule has 0 aliphatic carbocycles. The van der Waals surface area contributed by atoms with Crippen molar-refractivity contribution in [3.63, 3.8) is 0 Å². The van der Waals surface area contributed by atoms with Gasteiger partial charge in [0.2, 0.25) is 5.91 Å². The third-order valence-corrected chi connectivity index (χ3v) is 4.94. The number of halogens is 3. The van der Waals surface area contributed by atoms with Gasteiger partial charge in [-0.25, -0.2) is 0 Å². The summed E-state index contributed by atoms with van der Waals surface area (Å²) in [5.74, 6) is -0.584. The lowest BCUT2D eigenvalue weighted by Gasteiger charge is -2.11. The Kier molecular flexibility index (Phi) is 5.36. The zero-order valence-corrected chi connectivity index (χ0v) is 15.4. The molecule has 0 saturated heterocycles. The van der Waals surface area contributed by atoms with Crippen LogP contribution in [0.5, 0.6) is 5.75 Å². The van der Waals surface area contributed by atoms with Crippen molar-refractivity contribution in [1.29, 1.82) is 0 Å². The molecule has 4 nitrogen and oxygen atoms in total. The van der Waals surface area contributed by atoms with E-state index in [1.807, 2.05) is 42.1 Å². The van der Waals surface area contributed by atoms with Crippen LogP contribution in [0.1, 0.15) is 5.69 Å². The fourth-order valence-electron chi connectivity index (χ4n) is 2.94. The van der Waals surface area contributed by atoms with Gasteiger partial charge in [0.05, 0.1) is 6.42 Å². The number of para-hydroxylation sites is 1. The molecule has 0 aliphatic rings. The fourth-order valence-corrected chi connectivity index (χ4v) is 3.77. The number of carbonyl (C=O) groups excluding carboxylic acids is 1. The third kappa shape index (κ3) is 4.39. The van der Waals surface area contributed by atoms with Crippen molar-refractivity contribution < 1.29 is 22.7 Å². The minimum Gasteiger partial charge on any atom is -0.406 e. The first kappa shape index (κ1) is 19.2. The van der Waals surface area contributed by atoms with Crippen molar-refractivity contribution in [2.45, 2.75) is 17.7 Å². The standard InChI is InChI=1S/C19H17F3N2O2S/c1-24-15-6-4-3-5-14(15)18(27-2)16(24)11-17(25)23-12-7-9-13(10-8-12)26-19(20,21)22/h3-10H,11H2,1-2H3,(H,23,25). The Hall–Kier alpha value is -2.61. The highest BCUT2D eigenvalue weighted by molar-refractivity contribution is 7.98. The van der Waals surface area contributed by atoms with Crippen LogP contribution in [0.4, 0.5) is 18.9 Å². The predicted molar refractivity (Wildman–Crippen MR) is 100 cm³/mol. The monoisotopic (exact) mass is 394 g/mol. The lowest BCUT2D eigenvalue weighted by Crippen LogP contribution is -2.18. The van der Waals surface area contributed by atoms with E-state index in [-0.39, 0.29) is 18.1 Å². The predicted octanol–water partition coefficient (Wildman–Crippen LogP) is 4.98. The highest BCUT2D eigenvalue weighted by Crippen LogP contribution is 2.33. The number of amides is 1. The van der Waals surface area contributed by atoms with Crippen molar-refractivity contribution in [1.82, 2.24) is 4.57 Å². The number of carbonyl (C=O) groups is 1. The van der Waals surface area contributed by atoms with Gasteiger partial charge in [-0.2, -0.15) is 0 Å². The molecule has 142 valence electrons. The molecule has 0 radical (unpaired) electrons. The second-order valence-electron chi connectivity index (χ2n) is 5.85. The number of hydrogen-bond donors (Lipinski definition) is 1. The van der Waals surface area contributed by atoms with E-state index in [1.54, 1.807) is 11.8 Å². The highest BCUT2D eigenvalue weighted by atomic mass is 32.2. The van der Waals surface area contributed by atoms with Crippen LogP contribution in [0.3, 0.4) is 0 Å². The number of anilines is 1. The summed E-state index contributed by atoms with van der Waals surface area (Å²) in [7, 11) is 1.91. The van der Waals surface area contributed by atoms with Crippen LogP contribution >= 0.6 is 11.8 Å². The smallest absolute Gasteiger partial charge is 0.406 e. The van der Waals surface area contributed by atoms with Crippen LogP contribution in [0.15, 0.2) is 53.4 Å². The minimum absolute atomic E-state index is 0.155. The second kappa shape index (κ2) is 7.56. The zero-order valence-electron chi connectivity index (χ0n) is 14.6. The summed E-state index contributed by atoms with van der Waals surface area (Å²) in [4.78, 5) is 13.5. The Balaban J connectivity index is 1.75. The number of benzene rings is 2. The molecule has 3 aromatic rings. The highest BCUT2D eigenvalue weighted by Gasteiger charge is 2.31. The van der Waals surface area contributed by atoms with Crippen LogP contribution in [0.25, 0.3) is 10.9 Å². The molecule has 3 rings (SSSR count). The molecule has 1 N–H and O–H groups in total. The molecule has 2 aromatic carbocycles. The number of fused-ring (bicyclic) bond motifs is 1. The summed E-state index contributed by atoms with van der Waals surface area (Å²) in [6.07, 6.45) is -2.63. The van der Waals surface area contributed by atoms with Gasteiger partial charge in [-0.3, -0.25) is 4.79 Å². The van der Waals surface area contributed by atoms with Gasteiger partial charge in [0.15, 0.2) is 0 Å². The largest absolute Gasteiger partial charge is 0.573 e. The van der Waals surface area contributed by atoms with Crippen LogP contribution in [-0.4, -0.2) is 23.1 Å². The summed E-state index contributed by atoms with van der Waals surface area (Å²) in [6.45, 7) is 0. The number of rotatable bonds is 5. The van der Waals surface area contributed by atoms with Crippen LogP contribution in [0.2, 0.25) is 0 Å². The van der Waals surface area contributed by atoms with Crippen LogP contribution in [0, 0.1) is 0 Å². The van der Waals surface area contributed by atoms with E-state index in [4.69, 9.17) is 0 Å². The van der Waals surface area contributed by atoms with Crippen LogP contribution < -0.4 is 10.1 Å². The summed E-state index contributed by atoms with van der Waals surface area (Å²) >= 11 is 1.58. The topological polar surface area (TPSA) is 43.3 Å². The molecule has 1 aromatic heterocycles. The molecule has 27 heavy (non-hydrogen) atoms. The quantitative estimate of drug-likeness (QED) is 0.621. The van der Waals surface area contributed by atoms with Gasteiger partial charge < -0.3 is 14.6 Å². The summed E-state index contributed by atoms with van der Waals surface area (Å²) < 4.78 is 42.4. The Morgan fingerprint density at radius 3 is 2.44 bits per heavy atom. The van der Waals surface area contributed by atoms with E-state index >= 15 is 0 Å².